The first-order chi connectivity index (χ1) is 12.0. The van der Waals surface area contributed by atoms with Crippen molar-refractivity contribution in [2.24, 2.45) is 0 Å². The van der Waals surface area contributed by atoms with Crippen LogP contribution in [0.3, 0.4) is 0 Å². The van der Waals surface area contributed by atoms with E-state index in [1.165, 1.54) is 36.0 Å². The molecule has 128 valence electrons. The third-order valence-electron chi connectivity index (χ3n) is 3.41. The number of nitrogens with one attached hydrogen (secondary N) is 1. The molecule has 0 radical (unpaired) electrons. The first kappa shape index (κ1) is 17.4. The molecule has 25 heavy (non-hydrogen) atoms. The van der Waals surface area contributed by atoms with E-state index in [1.807, 2.05) is 25.1 Å². The number of amides is 1. The van der Waals surface area contributed by atoms with Gasteiger partial charge in [-0.2, -0.15) is 0 Å². The summed E-state index contributed by atoms with van der Waals surface area (Å²) in [5.74, 6) is -0.416. The lowest BCUT2D eigenvalue weighted by Gasteiger charge is -2.08. The molecule has 5 nitrogen and oxygen atoms in total. The summed E-state index contributed by atoms with van der Waals surface area (Å²) in [4.78, 5) is 12.0. The van der Waals surface area contributed by atoms with Crippen LogP contribution in [-0.2, 0) is 4.79 Å². The Morgan fingerprint density at radius 1 is 1.28 bits per heavy atom. The molecular formula is C17H14ClFN4OS. The maximum Gasteiger partial charge on any atom is 0.234 e. The van der Waals surface area contributed by atoms with Crippen molar-refractivity contribution in [1.29, 1.82) is 0 Å². The summed E-state index contributed by atoms with van der Waals surface area (Å²) in [5.41, 5.74) is 2.34. The highest BCUT2D eigenvalue weighted by atomic mass is 35.5. The lowest BCUT2D eigenvalue weighted by atomic mass is 10.2. The number of anilines is 1. The van der Waals surface area contributed by atoms with E-state index >= 15 is 0 Å². The molecule has 1 aromatic heterocycles. The number of hydrogen-bond donors (Lipinski definition) is 1. The van der Waals surface area contributed by atoms with E-state index in [0.717, 1.165) is 11.3 Å². The van der Waals surface area contributed by atoms with Crippen molar-refractivity contribution in [3.8, 4) is 5.69 Å². The summed E-state index contributed by atoms with van der Waals surface area (Å²) in [6.07, 6.45) is 1.57. The largest absolute Gasteiger partial charge is 0.325 e. The minimum atomic E-state index is -0.350. The topological polar surface area (TPSA) is 59.8 Å². The molecule has 3 rings (SSSR count). The highest BCUT2D eigenvalue weighted by molar-refractivity contribution is 7.99. The van der Waals surface area contributed by atoms with Gasteiger partial charge in [0.15, 0.2) is 5.16 Å². The Kier molecular flexibility index (Phi) is 5.35. The van der Waals surface area contributed by atoms with E-state index in [0.29, 0.717) is 15.9 Å². The molecule has 0 fully saturated rings. The Morgan fingerprint density at radius 3 is 2.76 bits per heavy atom. The van der Waals surface area contributed by atoms with E-state index in [2.05, 4.69) is 15.5 Å². The fourth-order valence-corrected chi connectivity index (χ4v) is 3.00. The third kappa shape index (κ3) is 4.37. The van der Waals surface area contributed by atoms with Crippen LogP contribution in [-0.4, -0.2) is 26.4 Å². The van der Waals surface area contributed by atoms with E-state index in [9.17, 15) is 9.18 Å². The van der Waals surface area contributed by atoms with Gasteiger partial charge in [-0.3, -0.25) is 9.36 Å². The molecule has 1 N–H and O–H groups in total. The maximum absolute atomic E-state index is 12.9. The summed E-state index contributed by atoms with van der Waals surface area (Å²) in [5, 5.41) is 11.9. The highest BCUT2D eigenvalue weighted by Gasteiger charge is 2.11. The van der Waals surface area contributed by atoms with Crippen LogP contribution in [0.15, 0.2) is 53.9 Å². The molecule has 0 aliphatic heterocycles. The van der Waals surface area contributed by atoms with Crippen molar-refractivity contribution in [3.63, 3.8) is 0 Å². The standard InChI is InChI=1S/C17H14ClFN4OS/c1-11-2-7-14(8-15(11)18)23-10-20-22-17(23)25-9-16(24)21-13-5-3-12(19)4-6-13/h2-8,10H,9H2,1H3,(H,21,24). The summed E-state index contributed by atoms with van der Waals surface area (Å²) >= 11 is 7.41. The molecule has 3 aromatic rings. The van der Waals surface area contributed by atoms with Crippen molar-refractivity contribution in [2.45, 2.75) is 12.1 Å². The quantitative estimate of drug-likeness (QED) is 0.681. The molecule has 1 heterocycles. The van der Waals surface area contributed by atoms with Crippen molar-refractivity contribution < 1.29 is 9.18 Å². The average Bonchev–Trinajstić information content (AvgIpc) is 3.06. The minimum absolute atomic E-state index is 0.148. The monoisotopic (exact) mass is 376 g/mol. The first-order valence-corrected chi connectivity index (χ1v) is 8.74. The number of rotatable bonds is 5. The molecule has 8 heteroatoms. The molecule has 0 spiro atoms. The van der Waals surface area contributed by atoms with Gasteiger partial charge in [0.05, 0.1) is 11.4 Å². The zero-order valence-corrected chi connectivity index (χ0v) is 14.8. The van der Waals surface area contributed by atoms with Crippen LogP contribution in [0.25, 0.3) is 5.69 Å². The molecule has 0 atom stereocenters. The average molecular weight is 377 g/mol. The van der Waals surface area contributed by atoms with E-state index in [4.69, 9.17) is 11.6 Å². The summed E-state index contributed by atoms with van der Waals surface area (Å²) in [6, 6.07) is 11.2. The molecule has 0 bridgehead atoms. The Hall–Kier alpha value is -2.38. The van der Waals surface area contributed by atoms with Gasteiger partial charge in [0, 0.05) is 10.7 Å². The summed E-state index contributed by atoms with van der Waals surface area (Å²) in [6.45, 7) is 1.92. The molecule has 0 saturated carbocycles. The van der Waals surface area contributed by atoms with Crippen LogP contribution in [0.4, 0.5) is 10.1 Å². The Balaban J connectivity index is 1.66. The smallest absolute Gasteiger partial charge is 0.234 e. The molecule has 0 aliphatic rings. The zero-order valence-electron chi connectivity index (χ0n) is 13.2. The first-order valence-electron chi connectivity index (χ1n) is 7.38. The number of benzene rings is 2. The third-order valence-corrected chi connectivity index (χ3v) is 4.76. The minimum Gasteiger partial charge on any atom is -0.325 e. The van der Waals surface area contributed by atoms with E-state index in [-0.39, 0.29) is 17.5 Å². The maximum atomic E-state index is 12.9. The lowest BCUT2D eigenvalue weighted by Crippen LogP contribution is -2.14. The van der Waals surface area contributed by atoms with Crippen LogP contribution in [0.2, 0.25) is 5.02 Å². The number of carbonyl (C=O) groups excluding carboxylic acids is 1. The van der Waals surface area contributed by atoms with Gasteiger partial charge in [0.2, 0.25) is 5.91 Å². The zero-order chi connectivity index (χ0) is 17.8. The van der Waals surface area contributed by atoms with Gasteiger partial charge < -0.3 is 5.32 Å². The number of aryl methyl sites for hydroxylation is 1. The van der Waals surface area contributed by atoms with Crippen molar-refractivity contribution >= 4 is 35.0 Å². The number of hydrogen-bond acceptors (Lipinski definition) is 4. The second-order valence-electron chi connectivity index (χ2n) is 5.26. The molecule has 0 saturated heterocycles. The van der Waals surface area contributed by atoms with Crippen LogP contribution in [0.5, 0.6) is 0 Å². The van der Waals surface area contributed by atoms with Crippen molar-refractivity contribution in [1.82, 2.24) is 14.8 Å². The number of carbonyl (C=O) groups is 1. The van der Waals surface area contributed by atoms with E-state index < -0.39 is 0 Å². The van der Waals surface area contributed by atoms with Crippen molar-refractivity contribution in [2.75, 3.05) is 11.1 Å². The number of halogens is 2. The molecular weight excluding hydrogens is 363 g/mol. The fraction of sp³-hybridized carbons (Fsp3) is 0.118. The fourth-order valence-electron chi connectivity index (χ4n) is 2.09. The SMILES string of the molecule is Cc1ccc(-n2cnnc2SCC(=O)Nc2ccc(F)cc2)cc1Cl. The molecule has 0 unspecified atom stereocenters. The van der Waals surface area contributed by atoms with Gasteiger partial charge in [-0.1, -0.05) is 29.4 Å². The van der Waals surface area contributed by atoms with Gasteiger partial charge >= 0.3 is 0 Å². The second kappa shape index (κ2) is 7.67. The second-order valence-corrected chi connectivity index (χ2v) is 6.61. The van der Waals surface area contributed by atoms with Crippen LogP contribution in [0, 0.1) is 12.7 Å². The van der Waals surface area contributed by atoms with Gasteiger partial charge in [-0.15, -0.1) is 10.2 Å². The Labute approximate surface area is 153 Å². The lowest BCUT2D eigenvalue weighted by molar-refractivity contribution is -0.113. The normalized spacial score (nSPS) is 10.7. The van der Waals surface area contributed by atoms with Crippen LogP contribution >= 0.6 is 23.4 Å². The highest BCUT2D eigenvalue weighted by Crippen LogP contribution is 2.24. The van der Waals surface area contributed by atoms with Crippen LogP contribution in [0.1, 0.15) is 5.56 Å². The van der Waals surface area contributed by atoms with Gasteiger partial charge in [0.25, 0.3) is 0 Å². The Bertz CT molecular complexity index is 898. The summed E-state index contributed by atoms with van der Waals surface area (Å²) < 4.78 is 14.6. The van der Waals surface area contributed by atoms with Crippen LogP contribution < -0.4 is 5.32 Å². The number of aromatic nitrogens is 3. The van der Waals surface area contributed by atoms with Gasteiger partial charge in [0.1, 0.15) is 12.1 Å². The molecule has 2 aromatic carbocycles. The molecule has 0 aliphatic carbocycles. The predicted octanol–water partition coefficient (Wildman–Crippen LogP) is 4.10. The molecule has 1 amide bonds. The van der Waals surface area contributed by atoms with E-state index in [1.54, 1.807) is 10.9 Å². The van der Waals surface area contributed by atoms with Gasteiger partial charge in [-0.05, 0) is 48.9 Å². The number of thioether (sulfide) groups is 1. The Morgan fingerprint density at radius 2 is 2.04 bits per heavy atom. The predicted molar refractivity (Wildman–Crippen MR) is 96.9 cm³/mol. The summed E-state index contributed by atoms with van der Waals surface area (Å²) in [7, 11) is 0. The van der Waals surface area contributed by atoms with Crippen molar-refractivity contribution in [3.05, 3.63) is 65.2 Å². The van der Waals surface area contributed by atoms with Gasteiger partial charge in [-0.25, -0.2) is 4.39 Å². The number of nitrogens with zero attached hydrogens (tertiary/aromatic N) is 3.